The Labute approximate surface area is 156 Å². The van der Waals surface area contributed by atoms with E-state index in [1.165, 1.54) is 19.2 Å². The predicted octanol–water partition coefficient (Wildman–Crippen LogP) is 2.93. The number of carbonyl (C=O) groups is 2. The van der Waals surface area contributed by atoms with Gasteiger partial charge in [-0.3, -0.25) is 9.59 Å². The molecule has 7 heteroatoms. The van der Waals surface area contributed by atoms with Gasteiger partial charge in [-0.25, -0.2) is 4.39 Å². The van der Waals surface area contributed by atoms with Gasteiger partial charge in [-0.2, -0.15) is 0 Å². The van der Waals surface area contributed by atoms with Crippen LogP contribution in [0.2, 0.25) is 5.02 Å². The number of ether oxygens (including phenoxy) is 2. The topological polar surface area (TPSA) is 64.6 Å². The van der Waals surface area contributed by atoms with E-state index in [0.717, 1.165) is 5.56 Å². The summed E-state index contributed by atoms with van der Waals surface area (Å²) in [5.41, 5.74) is 1.48. The van der Waals surface area contributed by atoms with Gasteiger partial charge < -0.3 is 14.8 Å². The molecule has 2 aromatic rings. The average Bonchev–Trinajstić information content (AvgIpc) is 2.62. The second-order valence-electron chi connectivity index (χ2n) is 5.53. The molecule has 1 amide bonds. The fourth-order valence-corrected chi connectivity index (χ4v) is 2.36. The van der Waals surface area contributed by atoms with Gasteiger partial charge in [-0.05, 0) is 41.8 Å². The van der Waals surface area contributed by atoms with Crippen LogP contribution in [0.25, 0.3) is 0 Å². The van der Waals surface area contributed by atoms with Crippen molar-refractivity contribution < 1.29 is 23.5 Å². The second-order valence-corrected chi connectivity index (χ2v) is 5.97. The zero-order chi connectivity index (χ0) is 18.9. The Morgan fingerprint density at radius 1 is 1.12 bits per heavy atom. The number of halogens is 2. The molecule has 0 bridgehead atoms. The first kappa shape index (κ1) is 19.7. The predicted molar refractivity (Wildman–Crippen MR) is 95.8 cm³/mol. The van der Waals surface area contributed by atoms with Crippen LogP contribution < -0.4 is 10.1 Å². The van der Waals surface area contributed by atoms with Crippen LogP contribution >= 0.6 is 11.6 Å². The Hall–Kier alpha value is -2.60. The lowest BCUT2D eigenvalue weighted by atomic mass is 10.1. The highest BCUT2D eigenvalue weighted by Crippen LogP contribution is 2.18. The molecule has 0 saturated carbocycles. The van der Waals surface area contributed by atoms with Gasteiger partial charge in [-0.15, -0.1) is 0 Å². The van der Waals surface area contributed by atoms with Crippen molar-refractivity contribution in [2.75, 3.05) is 20.3 Å². The van der Waals surface area contributed by atoms with Crippen molar-refractivity contribution >= 4 is 23.5 Å². The van der Waals surface area contributed by atoms with E-state index >= 15 is 0 Å². The highest BCUT2D eigenvalue weighted by Gasteiger charge is 2.10. The Morgan fingerprint density at radius 2 is 1.81 bits per heavy atom. The van der Waals surface area contributed by atoms with E-state index in [9.17, 15) is 14.0 Å². The van der Waals surface area contributed by atoms with Gasteiger partial charge in [0.2, 0.25) is 0 Å². The van der Waals surface area contributed by atoms with Crippen molar-refractivity contribution in [3.63, 3.8) is 0 Å². The number of methoxy groups -OCH3 is 1. The summed E-state index contributed by atoms with van der Waals surface area (Å²) >= 11 is 5.80. The van der Waals surface area contributed by atoms with Crippen LogP contribution in [0.5, 0.6) is 5.75 Å². The van der Waals surface area contributed by atoms with Crippen molar-refractivity contribution in [3.05, 3.63) is 64.4 Å². The van der Waals surface area contributed by atoms with Gasteiger partial charge in [0.1, 0.15) is 0 Å². The summed E-state index contributed by atoms with van der Waals surface area (Å²) in [5, 5.41) is 3.32. The number of hydrogen-bond donors (Lipinski definition) is 1. The summed E-state index contributed by atoms with van der Waals surface area (Å²) in [5.74, 6) is -1.46. The Balaban J connectivity index is 1.68. The van der Waals surface area contributed by atoms with E-state index in [1.54, 1.807) is 18.2 Å². The molecule has 2 aromatic carbocycles. The third kappa shape index (κ3) is 6.37. The number of amides is 1. The SMILES string of the molecule is COc1ccc(CC(=O)OCC(=O)NCCc2ccc(Cl)cc2)cc1F. The maximum Gasteiger partial charge on any atom is 0.310 e. The molecule has 0 spiro atoms. The lowest BCUT2D eigenvalue weighted by Gasteiger charge is -2.08. The van der Waals surface area contributed by atoms with E-state index in [4.69, 9.17) is 21.1 Å². The lowest BCUT2D eigenvalue weighted by molar-refractivity contribution is -0.147. The minimum absolute atomic E-state index is 0.0992. The highest BCUT2D eigenvalue weighted by molar-refractivity contribution is 6.30. The Morgan fingerprint density at radius 3 is 2.46 bits per heavy atom. The van der Waals surface area contributed by atoms with E-state index in [1.807, 2.05) is 12.1 Å². The highest BCUT2D eigenvalue weighted by atomic mass is 35.5. The summed E-state index contributed by atoms with van der Waals surface area (Å²) in [6, 6.07) is 11.5. The van der Waals surface area contributed by atoms with Gasteiger partial charge in [0.15, 0.2) is 18.2 Å². The van der Waals surface area contributed by atoms with E-state index < -0.39 is 17.7 Å². The average molecular weight is 380 g/mol. The second kappa shape index (κ2) is 9.77. The third-order valence-electron chi connectivity index (χ3n) is 3.58. The molecule has 2 rings (SSSR count). The number of esters is 1. The number of carbonyl (C=O) groups excluding carboxylic acids is 2. The fraction of sp³-hybridized carbons (Fsp3) is 0.263. The van der Waals surface area contributed by atoms with E-state index in [0.29, 0.717) is 23.6 Å². The van der Waals surface area contributed by atoms with Gasteiger partial charge in [0.25, 0.3) is 5.91 Å². The van der Waals surface area contributed by atoms with Crippen molar-refractivity contribution in [2.24, 2.45) is 0 Å². The third-order valence-corrected chi connectivity index (χ3v) is 3.83. The smallest absolute Gasteiger partial charge is 0.310 e. The monoisotopic (exact) mass is 379 g/mol. The first-order chi connectivity index (χ1) is 12.5. The minimum atomic E-state index is -0.609. The van der Waals surface area contributed by atoms with Crippen LogP contribution in [0.15, 0.2) is 42.5 Å². The van der Waals surface area contributed by atoms with E-state index in [2.05, 4.69) is 5.32 Å². The molecular weight excluding hydrogens is 361 g/mol. The molecule has 0 radical (unpaired) electrons. The van der Waals surface area contributed by atoms with Crippen LogP contribution in [-0.4, -0.2) is 32.1 Å². The van der Waals surface area contributed by atoms with Crippen molar-refractivity contribution in [3.8, 4) is 5.75 Å². The maximum atomic E-state index is 13.6. The van der Waals surface area contributed by atoms with E-state index in [-0.39, 0.29) is 18.8 Å². The van der Waals surface area contributed by atoms with Gasteiger partial charge in [0, 0.05) is 11.6 Å². The molecular formula is C19H19ClFNO4. The van der Waals surface area contributed by atoms with Crippen molar-refractivity contribution in [2.45, 2.75) is 12.8 Å². The number of nitrogens with one attached hydrogen (secondary N) is 1. The fourth-order valence-electron chi connectivity index (χ4n) is 2.23. The number of hydrogen-bond acceptors (Lipinski definition) is 4. The molecule has 1 N–H and O–H groups in total. The zero-order valence-corrected chi connectivity index (χ0v) is 15.0. The van der Waals surface area contributed by atoms with Crippen LogP contribution in [0.4, 0.5) is 4.39 Å². The summed E-state index contributed by atoms with van der Waals surface area (Å²) in [6.45, 7) is 0.0415. The first-order valence-electron chi connectivity index (χ1n) is 7.97. The number of benzene rings is 2. The van der Waals surface area contributed by atoms with Crippen LogP contribution in [0.1, 0.15) is 11.1 Å². The molecule has 0 unspecified atom stereocenters. The van der Waals surface area contributed by atoms with Crippen LogP contribution in [0.3, 0.4) is 0 Å². The molecule has 0 saturated heterocycles. The molecule has 26 heavy (non-hydrogen) atoms. The Kier molecular flexibility index (Phi) is 7.41. The standard InChI is InChI=1S/C19H19ClFNO4/c1-25-17-7-4-14(10-16(17)21)11-19(24)26-12-18(23)22-9-8-13-2-5-15(20)6-3-13/h2-7,10H,8-9,11-12H2,1H3,(H,22,23). The van der Waals surface area contributed by atoms with Crippen LogP contribution in [-0.2, 0) is 27.2 Å². The molecule has 0 heterocycles. The molecule has 0 aliphatic rings. The summed E-state index contributed by atoms with van der Waals surface area (Å²) < 4.78 is 23.3. The molecule has 138 valence electrons. The molecule has 0 atom stereocenters. The zero-order valence-electron chi connectivity index (χ0n) is 14.3. The summed E-state index contributed by atoms with van der Waals surface area (Å²) in [4.78, 5) is 23.4. The molecule has 0 aliphatic heterocycles. The van der Waals surface area contributed by atoms with Gasteiger partial charge >= 0.3 is 5.97 Å². The van der Waals surface area contributed by atoms with Gasteiger partial charge in [0.05, 0.1) is 13.5 Å². The largest absolute Gasteiger partial charge is 0.494 e. The minimum Gasteiger partial charge on any atom is -0.494 e. The molecule has 0 aromatic heterocycles. The first-order valence-corrected chi connectivity index (χ1v) is 8.35. The summed E-state index contributed by atoms with van der Waals surface area (Å²) in [7, 11) is 1.36. The maximum absolute atomic E-state index is 13.6. The molecule has 0 fully saturated rings. The van der Waals surface area contributed by atoms with Crippen molar-refractivity contribution in [1.82, 2.24) is 5.32 Å². The Bertz CT molecular complexity index is 765. The lowest BCUT2D eigenvalue weighted by Crippen LogP contribution is -2.30. The normalized spacial score (nSPS) is 10.3. The molecule has 5 nitrogen and oxygen atoms in total. The molecule has 0 aliphatic carbocycles. The number of rotatable bonds is 8. The summed E-state index contributed by atoms with van der Waals surface area (Å²) in [6.07, 6.45) is 0.515. The van der Waals surface area contributed by atoms with Crippen LogP contribution in [0, 0.1) is 5.82 Å². The van der Waals surface area contributed by atoms with Crippen molar-refractivity contribution in [1.29, 1.82) is 0 Å². The quantitative estimate of drug-likeness (QED) is 0.716. The van der Waals surface area contributed by atoms with Gasteiger partial charge in [-0.1, -0.05) is 29.8 Å².